The normalized spacial score (nSPS) is 10.4. The Labute approximate surface area is 116 Å². The molecule has 0 aliphatic carbocycles. The van der Waals surface area contributed by atoms with Crippen LogP contribution in [0.3, 0.4) is 0 Å². The number of hydrogen-bond acceptors (Lipinski definition) is 3. The summed E-state index contributed by atoms with van der Waals surface area (Å²) in [5.41, 5.74) is 6.52. The van der Waals surface area contributed by atoms with Crippen LogP contribution in [0.4, 0.5) is 15.9 Å². The van der Waals surface area contributed by atoms with Gasteiger partial charge < -0.3 is 11.1 Å². The molecule has 94 valence electrons. The number of aromatic nitrogens is 2. The standard InChI is InChI=1S/C11H10FIN4O/c1-17-10(14)7(5-15-17)11(18)16-9-3-2-6(12)4-8(9)13/h2-5H,14H2,1H3,(H,16,18). The molecule has 1 aromatic heterocycles. The van der Waals surface area contributed by atoms with Gasteiger partial charge in [-0.05, 0) is 40.8 Å². The fraction of sp³-hybridized carbons (Fsp3) is 0.0909. The van der Waals surface area contributed by atoms with Crippen LogP contribution in [0.1, 0.15) is 10.4 Å². The lowest BCUT2D eigenvalue weighted by Crippen LogP contribution is -2.14. The van der Waals surface area contributed by atoms with Crippen LogP contribution in [0.5, 0.6) is 0 Å². The molecule has 0 fully saturated rings. The summed E-state index contributed by atoms with van der Waals surface area (Å²) in [6, 6.07) is 4.12. The summed E-state index contributed by atoms with van der Waals surface area (Å²) in [4.78, 5) is 11.9. The van der Waals surface area contributed by atoms with Crippen LogP contribution in [0.15, 0.2) is 24.4 Å². The molecule has 2 aromatic rings. The molecule has 18 heavy (non-hydrogen) atoms. The molecule has 0 radical (unpaired) electrons. The van der Waals surface area contributed by atoms with Crippen molar-refractivity contribution in [2.24, 2.45) is 7.05 Å². The Morgan fingerprint density at radius 3 is 2.83 bits per heavy atom. The summed E-state index contributed by atoms with van der Waals surface area (Å²) in [6.07, 6.45) is 1.39. The topological polar surface area (TPSA) is 72.9 Å². The van der Waals surface area contributed by atoms with Crippen molar-refractivity contribution in [2.45, 2.75) is 0 Å². The van der Waals surface area contributed by atoms with E-state index in [9.17, 15) is 9.18 Å². The smallest absolute Gasteiger partial charge is 0.261 e. The lowest BCUT2D eigenvalue weighted by molar-refractivity contribution is 0.102. The average molecular weight is 360 g/mol. The van der Waals surface area contributed by atoms with Crippen LogP contribution in [0, 0.1) is 9.39 Å². The Morgan fingerprint density at radius 1 is 1.56 bits per heavy atom. The number of nitrogens with two attached hydrogens (primary N) is 1. The molecule has 7 heteroatoms. The van der Waals surface area contributed by atoms with Crippen LogP contribution >= 0.6 is 22.6 Å². The van der Waals surface area contributed by atoms with Crippen molar-refractivity contribution in [3.05, 3.63) is 39.3 Å². The number of nitrogen functional groups attached to an aromatic ring is 1. The minimum atomic E-state index is -0.370. The lowest BCUT2D eigenvalue weighted by Gasteiger charge is -2.06. The minimum absolute atomic E-state index is 0.282. The Kier molecular flexibility index (Phi) is 3.50. The van der Waals surface area contributed by atoms with E-state index in [0.717, 1.165) is 0 Å². The highest BCUT2D eigenvalue weighted by Crippen LogP contribution is 2.20. The molecule has 0 saturated heterocycles. The minimum Gasteiger partial charge on any atom is -0.383 e. The first-order chi connectivity index (χ1) is 8.49. The summed E-state index contributed by atoms with van der Waals surface area (Å²) < 4.78 is 14.9. The van der Waals surface area contributed by atoms with Gasteiger partial charge in [0.05, 0.1) is 11.9 Å². The van der Waals surface area contributed by atoms with Gasteiger partial charge in [-0.2, -0.15) is 5.10 Å². The van der Waals surface area contributed by atoms with Gasteiger partial charge in [0.2, 0.25) is 0 Å². The molecule has 0 aliphatic heterocycles. The summed E-state index contributed by atoms with van der Waals surface area (Å²) in [6.45, 7) is 0. The van der Waals surface area contributed by atoms with Gasteiger partial charge in [-0.3, -0.25) is 9.48 Å². The average Bonchev–Trinajstić information content (AvgIpc) is 2.64. The number of benzene rings is 1. The number of nitrogens with one attached hydrogen (secondary N) is 1. The summed E-state index contributed by atoms with van der Waals surface area (Å²) in [7, 11) is 1.65. The molecule has 3 N–H and O–H groups in total. The number of amides is 1. The summed E-state index contributed by atoms with van der Waals surface area (Å²) in [5, 5.41) is 6.55. The van der Waals surface area contributed by atoms with E-state index in [1.807, 2.05) is 22.6 Å². The maximum Gasteiger partial charge on any atom is 0.261 e. The second-order valence-electron chi connectivity index (χ2n) is 3.65. The largest absolute Gasteiger partial charge is 0.383 e. The van der Waals surface area contributed by atoms with Crippen molar-refractivity contribution in [2.75, 3.05) is 11.1 Å². The van der Waals surface area contributed by atoms with Gasteiger partial charge >= 0.3 is 0 Å². The molecule has 0 spiro atoms. The van der Waals surface area contributed by atoms with Gasteiger partial charge in [0.1, 0.15) is 17.2 Å². The van der Waals surface area contributed by atoms with Crippen molar-refractivity contribution < 1.29 is 9.18 Å². The molecule has 0 unspecified atom stereocenters. The van der Waals surface area contributed by atoms with Crippen LogP contribution < -0.4 is 11.1 Å². The van der Waals surface area contributed by atoms with Crippen molar-refractivity contribution in [3.8, 4) is 0 Å². The van der Waals surface area contributed by atoms with Crippen molar-refractivity contribution >= 4 is 40.0 Å². The van der Waals surface area contributed by atoms with Gasteiger partial charge in [-0.1, -0.05) is 0 Å². The zero-order chi connectivity index (χ0) is 13.3. The number of carbonyl (C=O) groups is 1. The molecule has 5 nitrogen and oxygen atoms in total. The second-order valence-corrected chi connectivity index (χ2v) is 4.81. The van der Waals surface area contributed by atoms with E-state index in [4.69, 9.17) is 5.73 Å². The molecule has 1 heterocycles. The SMILES string of the molecule is Cn1ncc(C(=O)Nc2ccc(F)cc2I)c1N. The molecular formula is C11H10FIN4O. The zero-order valence-corrected chi connectivity index (χ0v) is 11.6. The number of carbonyl (C=O) groups excluding carboxylic acids is 1. The number of rotatable bonds is 2. The Bertz CT molecular complexity index is 611. The highest BCUT2D eigenvalue weighted by molar-refractivity contribution is 14.1. The number of aryl methyl sites for hydroxylation is 1. The molecule has 0 atom stereocenters. The van der Waals surface area contributed by atoms with Crippen LogP contribution in [-0.2, 0) is 7.05 Å². The summed E-state index contributed by atoms with van der Waals surface area (Å²) >= 11 is 1.95. The summed E-state index contributed by atoms with van der Waals surface area (Å²) in [5.74, 6) is -0.437. The number of nitrogens with zero attached hydrogens (tertiary/aromatic N) is 2. The van der Waals surface area contributed by atoms with E-state index in [2.05, 4.69) is 10.4 Å². The quantitative estimate of drug-likeness (QED) is 0.805. The van der Waals surface area contributed by atoms with Gasteiger partial charge in [0.25, 0.3) is 5.91 Å². The molecule has 2 rings (SSSR count). The third-order valence-electron chi connectivity index (χ3n) is 2.41. The van der Waals surface area contributed by atoms with E-state index in [1.165, 1.54) is 29.1 Å². The van der Waals surface area contributed by atoms with Crippen LogP contribution in [0.25, 0.3) is 0 Å². The monoisotopic (exact) mass is 360 g/mol. The highest BCUT2D eigenvalue weighted by atomic mass is 127. The van der Waals surface area contributed by atoms with Gasteiger partial charge in [0.15, 0.2) is 0 Å². The van der Waals surface area contributed by atoms with Crippen molar-refractivity contribution in [1.29, 1.82) is 0 Å². The van der Waals surface area contributed by atoms with Crippen LogP contribution in [-0.4, -0.2) is 15.7 Å². The first-order valence-corrected chi connectivity index (χ1v) is 6.11. The van der Waals surface area contributed by atoms with Gasteiger partial charge in [0, 0.05) is 10.6 Å². The molecule has 0 bridgehead atoms. The maximum absolute atomic E-state index is 12.9. The first kappa shape index (κ1) is 12.8. The first-order valence-electron chi connectivity index (χ1n) is 5.03. The van der Waals surface area contributed by atoms with Gasteiger partial charge in [-0.15, -0.1) is 0 Å². The van der Waals surface area contributed by atoms with E-state index in [-0.39, 0.29) is 23.1 Å². The van der Waals surface area contributed by atoms with Crippen molar-refractivity contribution in [1.82, 2.24) is 9.78 Å². The number of anilines is 2. The van der Waals surface area contributed by atoms with E-state index in [1.54, 1.807) is 7.05 Å². The van der Waals surface area contributed by atoms with Crippen molar-refractivity contribution in [3.63, 3.8) is 0 Å². The predicted molar refractivity (Wildman–Crippen MR) is 74.7 cm³/mol. The van der Waals surface area contributed by atoms with E-state index >= 15 is 0 Å². The second kappa shape index (κ2) is 4.92. The number of hydrogen-bond donors (Lipinski definition) is 2. The fourth-order valence-electron chi connectivity index (χ4n) is 1.40. The Hall–Kier alpha value is -1.64. The molecular weight excluding hydrogens is 350 g/mol. The van der Waals surface area contributed by atoms with E-state index in [0.29, 0.717) is 9.26 Å². The highest BCUT2D eigenvalue weighted by Gasteiger charge is 2.14. The maximum atomic E-state index is 12.9. The molecule has 1 aromatic carbocycles. The molecule has 0 aliphatic rings. The Morgan fingerprint density at radius 2 is 2.28 bits per heavy atom. The predicted octanol–water partition coefficient (Wildman–Crippen LogP) is 2.00. The van der Waals surface area contributed by atoms with Crippen LogP contribution in [0.2, 0.25) is 0 Å². The lowest BCUT2D eigenvalue weighted by atomic mass is 10.2. The van der Waals surface area contributed by atoms with Gasteiger partial charge in [-0.25, -0.2) is 4.39 Å². The third kappa shape index (κ3) is 2.45. The fourth-order valence-corrected chi connectivity index (χ4v) is 2.01. The zero-order valence-electron chi connectivity index (χ0n) is 9.45. The number of halogens is 2. The van der Waals surface area contributed by atoms with E-state index < -0.39 is 0 Å². The third-order valence-corrected chi connectivity index (χ3v) is 3.30. The molecule has 0 saturated carbocycles. The molecule has 1 amide bonds. The Balaban J connectivity index is 2.24.